The number of anilines is 1. The summed E-state index contributed by atoms with van der Waals surface area (Å²) in [4.78, 5) is 35.6. The maximum absolute atomic E-state index is 12.6. The van der Waals surface area contributed by atoms with E-state index < -0.39 is 0 Å². The van der Waals surface area contributed by atoms with Gasteiger partial charge in [-0.05, 0) is 49.1 Å². The highest BCUT2D eigenvalue weighted by Crippen LogP contribution is 2.27. The van der Waals surface area contributed by atoms with Crippen LogP contribution in [0.15, 0.2) is 60.9 Å². The Morgan fingerprint density at radius 2 is 1.81 bits per heavy atom. The summed E-state index contributed by atoms with van der Waals surface area (Å²) < 4.78 is 0. The second-order valence-corrected chi connectivity index (χ2v) is 8.00. The van der Waals surface area contributed by atoms with Crippen molar-refractivity contribution in [2.24, 2.45) is 5.92 Å². The minimum atomic E-state index is -0.328. The number of carbonyl (C=O) groups excluding carboxylic acids is 2. The van der Waals surface area contributed by atoms with Gasteiger partial charge in [0, 0.05) is 43.2 Å². The third-order valence-electron chi connectivity index (χ3n) is 5.75. The number of aromatic nitrogens is 2. The number of nitrogens with one attached hydrogen (secondary N) is 1. The summed E-state index contributed by atoms with van der Waals surface area (Å²) in [5.41, 5.74) is 5.11. The summed E-state index contributed by atoms with van der Waals surface area (Å²) in [6.45, 7) is 4.98. The van der Waals surface area contributed by atoms with Crippen molar-refractivity contribution in [3.63, 3.8) is 0 Å². The molecule has 1 atom stereocenters. The number of benzene rings is 2. The molecule has 0 saturated carbocycles. The van der Waals surface area contributed by atoms with E-state index in [-0.39, 0.29) is 24.2 Å². The first-order valence-corrected chi connectivity index (χ1v) is 10.5. The molecule has 31 heavy (non-hydrogen) atoms. The van der Waals surface area contributed by atoms with Crippen LogP contribution >= 0.6 is 0 Å². The summed E-state index contributed by atoms with van der Waals surface area (Å²) in [6.07, 6.45) is 4.47. The van der Waals surface area contributed by atoms with E-state index >= 15 is 0 Å². The van der Waals surface area contributed by atoms with Crippen LogP contribution in [-0.4, -0.2) is 34.9 Å². The summed E-state index contributed by atoms with van der Waals surface area (Å²) in [5.74, 6) is 0.268. The molecule has 2 amide bonds. The first-order chi connectivity index (χ1) is 15.0. The van der Waals surface area contributed by atoms with Crippen LogP contribution in [0.25, 0.3) is 11.4 Å². The monoisotopic (exact) mass is 414 g/mol. The van der Waals surface area contributed by atoms with Crippen LogP contribution in [-0.2, 0) is 16.0 Å². The Balaban J connectivity index is 1.29. The molecule has 1 aliphatic rings. The molecule has 6 heteroatoms. The maximum atomic E-state index is 12.6. The molecule has 1 fully saturated rings. The van der Waals surface area contributed by atoms with E-state index in [4.69, 9.17) is 0 Å². The van der Waals surface area contributed by atoms with Gasteiger partial charge in [-0.2, -0.15) is 0 Å². The number of amides is 2. The van der Waals surface area contributed by atoms with E-state index in [1.807, 2.05) is 62.4 Å². The number of hydrogen-bond donors (Lipinski definition) is 1. The van der Waals surface area contributed by atoms with Crippen LogP contribution in [0.3, 0.4) is 0 Å². The molecule has 1 N–H and O–H groups in total. The number of rotatable bonds is 6. The molecule has 1 aliphatic heterocycles. The average Bonchev–Trinajstić information content (AvgIpc) is 3.18. The lowest BCUT2D eigenvalue weighted by Crippen LogP contribution is -2.34. The molecule has 1 saturated heterocycles. The topological polar surface area (TPSA) is 75.2 Å². The summed E-state index contributed by atoms with van der Waals surface area (Å²) in [5, 5.41) is 2.96. The molecule has 1 unspecified atom stereocenters. The molecular weight excluding hydrogens is 388 g/mol. The van der Waals surface area contributed by atoms with Crippen LogP contribution in [0, 0.1) is 19.8 Å². The highest BCUT2D eigenvalue weighted by atomic mass is 16.2. The fraction of sp³-hybridized carbons (Fsp3) is 0.280. The van der Waals surface area contributed by atoms with Crippen molar-refractivity contribution in [2.75, 3.05) is 18.0 Å². The Bertz CT molecular complexity index is 1080. The highest BCUT2D eigenvalue weighted by molar-refractivity contribution is 6.00. The average molecular weight is 415 g/mol. The van der Waals surface area contributed by atoms with Gasteiger partial charge in [0.2, 0.25) is 11.8 Å². The van der Waals surface area contributed by atoms with Crippen LogP contribution in [0.2, 0.25) is 0 Å². The van der Waals surface area contributed by atoms with Gasteiger partial charge >= 0.3 is 0 Å². The van der Waals surface area contributed by atoms with Crippen molar-refractivity contribution in [2.45, 2.75) is 26.7 Å². The minimum Gasteiger partial charge on any atom is -0.355 e. The zero-order chi connectivity index (χ0) is 21.8. The molecule has 6 nitrogen and oxygen atoms in total. The lowest BCUT2D eigenvalue weighted by atomic mass is 10.1. The van der Waals surface area contributed by atoms with E-state index in [0.29, 0.717) is 25.3 Å². The van der Waals surface area contributed by atoms with Gasteiger partial charge in [0.05, 0.1) is 5.92 Å². The van der Waals surface area contributed by atoms with Gasteiger partial charge < -0.3 is 10.2 Å². The third-order valence-corrected chi connectivity index (χ3v) is 5.75. The van der Waals surface area contributed by atoms with Gasteiger partial charge in [-0.3, -0.25) is 9.59 Å². The molecular formula is C25H26N4O2. The van der Waals surface area contributed by atoms with Gasteiger partial charge in [0.1, 0.15) is 0 Å². The van der Waals surface area contributed by atoms with Crippen LogP contribution in [0.1, 0.15) is 23.1 Å². The fourth-order valence-corrected chi connectivity index (χ4v) is 3.72. The van der Waals surface area contributed by atoms with Gasteiger partial charge in [0.15, 0.2) is 5.82 Å². The molecule has 2 heterocycles. The standard InChI is InChI=1S/C25H26N4O2/c1-17-8-9-22(12-18(17)2)29-16-21(13-23(29)30)25(31)26-11-10-19-14-27-24(28-15-19)20-6-4-3-5-7-20/h3-9,12,14-15,21H,10-11,13,16H2,1-2H3,(H,26,31). The van der Waals surface area contributed by atoms with E-state index in [1.165, 1.54) is 5.56 Å². The largest absolute Gasteiger partial charge is 0.355 e. The summed E-state index contributed by atoms with van der Waals surface area (Å²) >= 11 is 0. The Morgan fingerprint density at radius 1 is 1.06 bits per heavy atom. The number of hydrogen-bond acceptors (Lipinski definition) is 4. The molecule has 0 aliphatic carbocycles. The van der Waals surface area contributed by atoms with E-state index in [1.54, 1.807) is 17.3 Å². The van der Waals surface area contributed by atoms with Crippen LogP contribution in [0.5, 0.6) is 0 Å². The van der Waals surface area contributed by atoms with E-state index in [9.17, 15) is 9.59 Å². The van der Waals surface area contributed by atoms with E-state index in [2.05, 4.69) is 15.3 Å². The summed E-state index contributed by atoms with van der Waals surface area (Å²) in [7, 11) is 0. The Kier molecular flexibility index (Phi) is 6.07. The van der Waals surface area contributed by atoms with Gasteiger partial charge in [-0.15, -0.1) is 0 Å². The molecule has 0 bridgehead atoms. The van der Waals surface area contributed by atoms with Crippen LogP contribution < -0.4 is 10.2 Å². The fourth-order valence-electron chi connectivity index (χ4n) is 3.72. The predicted octanol–water partition coefficient (Wildman–Crippen LogP) is 3.47. The van der Waals surface area contributed by atoms with E-state index in [0.717, 1.165) is 22.4 Å². The van der Waals surface area contributed by atoms with Crippen molar-refractivity contribution in [3.05, 3.63) is 77.6 Å². The lowest BCUT2D eigenvalue weighted by molar-refractivity contribution is -0.126. The number of nitrogens with zero attached hydrogens (tertiary/aromatic N) is 3. The quantitative estimate of drug-likeness (QED) is 0.670. The van der Waals surface area contributed by atoms with Crippen LogP contribution in [0.4, 0.5) is 5.69 Å². The number of aryl methyl sites for hydroxylation is 2. The smallest absolute Gasteiger partial charge is 0.227 e. The van der Waals surface area contributed by atoms with Crippen molar-refractivity contribution >= 4 is 17.5 Å². The van der Waals surface area contributed by atoms with Gasteiger partial charge in [-0.1, -0.05) is 36.4 Å². The zero-order valence-electron chi connectivity index (χ0n) is 17.8. The first-order valence-electron chi connectivity index (χ1n) is 10.5. The number of carbonyl (C=O) groups is 2. The normalized spacial score (nSPS) is 15.9. The van der Waals surface area contributed by atoms with Gasteiger partial charge in [0.25, 0.3) is 0 Å². The lowest BCUT2D eigenvalue weighted by Gasteiger charge is -2.18. The Labute approximate surface area is 182 Å². The van der Waals surface area contributed by atoms with Gasteiger partial charge in [-0.25, -0.2) is 9.97 Å². The Hall–Kier alpha value is -3.54. The molecule has 0 spiro atoms. The SMILES string of the molecule is Cc1ccc(N2CC(C(=O)NCCc3cnc(-c4ccccc4)nc3)CC2=O)cc1C. The zero-order valence-corrected chi connectivity index (χ0v) is 17.8. The predicted molar refractivity (Wildman–Crippen MR) is 121 cm³/mol. The minimum absolute atomic E-state index is 0.00620. The van der Waals surface area contributed by atoms with Crippen molar-refractivity contribution < 1.29 is 9.59 Å². The molecule has 3 aromatic rings. The molecule has 2 aromatic carbocycles. The first kappa shape index (κ1) is 20.7. The molecule has 1 aromatic heterocycles. The second-order valence-electron chi connectivity index (χ2n) is 8.00. The Morgan fingerprint density at radius 3 is 2.52 bits per heavy atom. The second kappa shape index (κ2) is 9.08. The third kappa shape index (κ3) is 4.79. The maximum Gasteiger partial charge on any atom is 0.227 e. The molecule has 0 radical (unpaired) electrons. The van der Waals surface area contributed by atoms with Crippen molar-refractivity contribution in [3.8, 4) is 11.4 Å². The highest BCUT2D eigenvalue weighted by Gasteiger charge is 2.35. The molecule has 4 rings (SSSR count). The van der Waals surface area contributed by atoms with Crippen molar-refractivity contribution in [1.82, 2.24) is 15.3 Å². The summed E-state index contributed by atoms with van der Waals surface area (Å²) in [6, 6.07) is 15.8. The van der Waals surface area contributed by atoms with Crippen molar-refractivity contribution in [1.29, 1.82) is 0 Å². The molecule has 158 valence electrons.